The number of hydrogen-bond donors (Lipinski definition) is 1. The quantitative estimate of drug-likeness (QED) is 0.436. The van der Waals surface area contributed by atoms with Crippen LogP contribution >= 0.6 is 0 Å². The van der Waals surface area contributed by atoms with Gasteiger partial charge in [0.25, 0.3) is 5.69 Å². The number of nitro groups is 1. The molecule has 4 rings (SSSR count). The number of hydrogen-bond acceptors (Lipinski definition) is 8. The molecule has 0 aliphatic heterocycles. The van der Waals surface area contributed by atoms with Gasteiger partial charge in [-0.1, -0.05) is 17.3 Å². The fraction of sp³-hybridized carbons (Fsp3) is 0.125. The molecular weight excluding hydrogens is 338 g/mol. The number of fused-ring (bicyclic) bond motifs is 1. The van der Waals surface area contributed by atoms with Gasteiger partial charge in [0.15, 0.2) is 16.9 Å². The number of nitrogens with two attached hydrogens (primary N) is 1. The second kappa shape index (κ2) is 5.92. The van der Waals surface area contributed by atoms with Crippen LogP contribution in [0.2, 0.25) is 0 Å². The van der Waals surface area contributed by atoms with Crippen molar-refractivity contribution in [1.29, 1.82) is 0 Å². The van der Waals surface area contributed by atoms with Crippen LogP contribution < -0.4 is 5.73 Å². The minimum absolute atomic E-state index is 0.00723. The lowest BCUT2D eigenvalue weighted by Gasteiger charge is -2.04. The molecule has 0 aliphatic carbocycles. The number of non-ortho nitro benzene ring substituents is 1. The summed E-state index contributed by atoms with van der Waals surface area (Å²) in [6, 6.07) is 9.88. The molecule has 0 saturated heterocycles. The summed E-state index contributed by atoms with van der Waals surface area (Å²) in [6.45, 7) is 2.08. The van der Waals surface area contributed by atoms with E-state index in [0.717, 1.165) is 5.76 Å². The third-order valence-corrected chi connectivity index (χ3v) is 3.81. The van der Waals surface area contributed by atoms with Crippen molar-refractivity contribution in [2.45, 2.75) is 13.5 Å². The van der Waals surface area contributed by atoms with Crippen LogP contribution in [0.15, 0.2) is 40.8 Å². The van der Waals surface area contributed by atoms with Crippen molar-refractivity contribution in [3.63, 3.8) is 0 Å². The fourth-order valence-electron chi connectivity index (χ4n) is 2.65. The number of aryl methyl sites for hydroxylation is 1. The SMILES string of the molecule is Cc1ccc(-c2nc(N)nc3c2nnn3Cc2cccc([N+](=O)[O-])c2)o1. The monoisotopic (exact) mass is 351 g/mol. The Morgan fingerprint density at radius 2 is 2.12 bits per heavy atom. The van der Waals surface area contributed by atoms with Crippen LogP contribution in [0.25, 0.3) is 22.6 Å². The van der Waals surface area contributed by atoms with E-state index in [1.807, 2.05) is 13.0 Å². The predicted molar refractivity (Wildman–Crippen MR) is 92.2 cm³/mol. The number of nitrogen functional groups attached to an aromatic ring is 1. The van der Waals surface area contributed by atoms with Crippen molar-refractivity contribution in [2.75, 3.05) is 5.73 Å². The maximum Gasteiger partial charge on any atom is 0.269 e. The van der Waals surface area contributed by atoms with Crippen molar-refractivity contribution in [2.24, 2.45) is 0 Å². The van der Waals surface area contributed by atoms with Gasteiger partial charge in [0.05, 0.1) is 11.5 Å². The van der Waals surface area contributed by atoms with Crippen molar-refractivity contribution in [3.05, 3.63) is 57.8 Å². The average Bonchev–Trinajstić information content (AvgIpc) is 3.21. The summed E-state index contributed by atoms with van der Waals surface area (Å²) >= 11 is 0. The van der Waals surface area contributed by atoms with E-state index < -0.39 is 4.92 Å². The van der Waals surface area contributed by atoms with Gasteiger partial charge in [-0.15, -0.1) is 5.10 Å². The highest BCUT2D eigenvalue weighted by Gasteiger charge is 2.18. The Kier molecular flexibility index (Phi) is 3.57. The molecular formula is C16H13N7O3. The Hall–Kier alpha value is -3.82. The maximum atomic E-state index is 10.9. The molecule has 130 valence electrons. The lowest BCUT2D eigenvalue weighted by atomic mass is 10.2. The van der Waals surface area contributed by atoms with Gasteiger partial charge in [0.2, 0.25) is 5.95 Å². The molecule has 1 aromatic carbocycles. The highest BCUT2D eigenvalue weighted by molar-refractivity contribution is 5.86. The van der Waals surface area contributed by atoms with Crippen LogP contribution in [0.4, 0.5) is 11.6 Å². The number of nitro benzene ring substituents is 1. The minimum atomic E-state index is -0.444. The minimum Gasteiger partial charge on any atom is -0.460 e. The number of aromatic nitrogens is 5. The Morgan fingerprint density at radius 1 is 1.27 bits per heavy atom. The molecule has 26 heavy (non-hydrogen) atoms. The van der Waals surface area contributed by atoms with E-state index >= 15 is 0 Å². The summed E-state index contributed by atoms with van der Waals surface area (Å²) in [5.74, 6) is 1.31. The Balaban J connectivity index is 1.79. The molecule has 0 radical (unpaired) electrons. The van der Waals surface area contributed by atoms with Crippen LogP contribution in [-0.2, 0) is 6.54 Å². The van der Waals surface area contributed by atoms with Gasteiger partial charge in [-0.25, -0.2) is 9.67 Å². The molecule has 0 unspecified atom stereocenters. The van der Waals surface area contributed by atoms with Crippen molar-refractivity contribution < 1.29 is 9.34 Å². The average molecular weight is 351 g/mol. The summed E-state index contributed by atoms with van der Waals surface area (Å²) in [7, 11) is 0. The topological polar surface area (TPSA) is 139 Å². The van der Waals surface area contributed by atoms with E-state index in [-0.39, 0.29) is 18.2 Å². The first-order chi connectivity index (χ1) is 12.5. The first-order valence-corrected chi connectivity index (χ1v) is 7.68. The van der Waals surface area contributed by atoms with Gasteiger partial charge in [-0.2, -0.15) is 4.98 Å². The van der Waals surface area contributed by atoms with Gasteiger partial charge in [-0.3, -0.25) is 10.1 Å². The predicted octanol–water partition coefficient (Wildman–Crippen LogP) is 2.33. The molecule has 2 N–H and O–H groups in total. The van der Waals surface area contributed by atoms with Gasteiger partial charge in [0, 0.05) is 12.1 Å². The molecule has 0 fully saturated rings. The maximum absolute atomic E-state index is 10.9. The Morgan fingerprint density at radius 3 is 2.85 bits per heavy atom. The lowest BCUT2D eigenvalue weighted by Crippen LogP contribution is -2.05. The van der Waals surface area contributed by atoms with Gasteiger partial charge in [-0.05, 0) is 24.6 Å². The molecule has 0 bridgehead atoms. The van der Waals surface area contributed by atoms with Gasteiger partial charge >= 0.3 is 0 Å². The molecule has 4 aromatic rings. The highest BCUT2D eigenvalue weighted by atomic mass is 16.6. The van der Waals surface area contributed by atoms with E-state index in [1.54, 1.807) is 18.2 Å². The van der Waals surface area contributed by atoms with Crippen molar-refractivity contribution in [3.8, 4) is 11.5 Å². The van der Waals surface area contributed by atoms with Crippen LogP contribution in [0.3, 0.4) is 0 Å². The number of furan rings is 1. The second-order valence-electron chi connectivity index (χ2n) is 5.69. The standard InChI is InChI=1S/C16H13N7O3/c1-9-5-6-12(26-9)13-14-15(19-16(17)18-13)22(21-20-14)8-10-3-2-4-11(7-10)23(24)25/h2-7H,8H2,1H3,(H2,17,18,19). The Labute approximate surface area is 146 Å². The zero-order chi connectivity index (χ0) is 18.3. The zero-order valence-electron chi connectivity index (χ0n) is 13.7. The zero-order valence-corrected chi connectivity index (χ0v) is 13.7. The summed E-state index contributed by atoms with van der Waals surface area (Å²) in [6.07, 6.45) is 0. The molecule has 3 aromatic heterocycles. The van der Waals surface area contributed by atoms with Crippen LogP contribution in [0.5, 0.6) is 0 Å². The smallest absolute Gasteiger partial charge is 0.269 e. The van der Waals surface area contributed by atoms with Gasteiger partial charge in [0.1, 0.15) is 11.5 Å². The number of anilines is 1. The first-order valence-electron chi connectivity index (χ1n) is 7.68. The van der Waals surface area contributed by atoms with Crippen molar-refractivity contribution >= 4 is 22.8 Å². The van der Waals surface area contributed by atoms with E-state index in [4.69, 9.17) is 10.2 Å². The summed E-state index contributed by atoms with van der Waals surface area (Å²) in [5.41, 5.74) is 7.85. The number of benzene rings is 1. The second-order valence-corrected chi connectivity index (χ2v) is 5.69. The molecule has 0 saturated carbocycles. The Bertz CT molecular complexity index is 1130. The summed E-state index contributed by atoms with van der Waals surface area (Å²) in [4.78, 5) is 18.9. The lowest BCUT2D eigenvalue weighted by molar-refractivity contribution is -0.384. The first kappa shape index (κ1) is 15.7. The molecule has 3 heterocycles. The third kappa shape index (κ3) is 2.73. The molecule has 0 amide bonds. The van der Waals surface area contributed by atoms with Crippen LogP contribution in [0.1, 0.15) is 11.3 Å². The van der Waals surface area contributed by atoms with E-state index in [9.17, 15) is 10.1 Å². The number of nitrogens with zero attached hydrogens (tertiary/aromatic N) is 6. The van der Waals surface area contributed by atoms with Crippen LogP contribution in [0, 0.1) is 17.0 Å². The third-order valence-electron chi connectivity index (χ3n) is 3.81. The summed E-state index contributed by atoms with van der Waals surface area (Å²) in [5, 5.41) is 19.2. The van der Waals surface area contributed by atoms with Crippen molar-refractivity contribution in [1.82, 2.24) is 25.0 Å². The fourth-order valence-corrected chi connectivity index (χ4v) is 2.65. The van der Waals surface area contributed by atoms with E-state index in [2.05, 4.69) is 20.3 Å². The molecule has 10 heteroatoms. The van der Waals surface area contributed by atoms with E-state index in [1.165, 1.54) is 16.8 Å². The largest absolute Gasteiger partial charge is 0.460 e. The van der Waals surface area contributed by atoms with Crippen LogP contribution in [-0.4, -0.2) is 29.9 Å². The number of rotatable bonds is 4. The molecule has 10 nitrogen and oxygen atoms in total. The molecule has 0 aliphatic rings. The highest BCUT2D eigenvalue weighted by Crippen LogP contribution is 2.27. The summed E-state index contributed by atoms with van der Waals surface area (Å²) < 4.78 is 7.12. The van der Waals surface area contributed by atoms with Gasteiger partial charge < -0.3 is 10.2 Å². The molecule has 0 atom stereocenters. The normalized spacial score (nSPS) is 11.1. The molecule has 0 spiro atoms. The van der Waals surface area contributed by atoms with E-state index in [0.29, 0.717) is 28.2 Å².